The molecule has 0 aromatic carbocycles. The van der Waals surface area contributed by atoms with Gasteiger partial charge in [-0.05, 0) is 22.9 Å². The first-order valence-corrected chi connectivity index (χ1v) is 6.32. The van der Waals surface area contributed by atoms with Crippen molar-refractivity contribution < 1.29 is 0 Å². The minimum atomic E-state index is 0.587. The average molecular weight is 311 g/mol. The summed E-state index contributed by atoms with van der Waals surface area (Å²) in [5.74, 6) is 1.35. The third kappa shape index (κ3) is 2.61. The lowest BCUT2D eigenvalue weighted by Crippen LogP contribution is -2.06. The molecule has 0 atom stereocenters. The highest BCUT2D eigenvalue weighted by Gasteiger charge is 2.07. The molecule has 0 radical (unpaired) electrons. The van der Waals surface area contributed by atoms with Crippen molar-refractivity contribution in [1.29, 1.82) is 0 Å². The first-order valence-electron chi connectivity index (χ1n) is 5.53. The predicted molar refractivity (Wildman–Crippen MR) is 74.6 cm³/mol. The van der Waals surface area contributed by atoms with Gasteiger partial charge in [0.05, 0.1) is 10.7 Å². The number of aryl methyl sites for hydroxylation is 1. The SMILES string of the molecule is CNc1ncc(Br)c(NCc2cnn(C)c2C)n1. The van der Waals surface area contributed by atoms with E-state index in [0.29, 0.717) is 12.5 Å². The lowest BCUT2D eigenvalue weighted by atomic mass is 10.2. The van der Waals surface area contributed by atoms with E-state index >= 15 is 0 Å². The van der Waals surface area contributed by atoms with Crippen LogP contribution in [-0.4, -0.2) is 26.8 Å². The molecule has 2 rings (SSSR count). The Morgan fingerprint density at radius 3 is 2.78 bits per heavy atom. The van der Waals surface area contributed by atoms with Gasteiger partial charge in [-0.15, -0.1) is 0 Å². The van der Waals surface area contributed by atoms with E-state index in [1.807, 2.05) is 24.9 Å². The molecule has 2 heterocycles. The first kappa shape index (κ1) is 12.8. The van der Waals surface area contributed by atoms with Crippen molar-refractivity contribution in [3.05, 3.63) is 28.1 Å². The van der Waals surface area contributed by atoms with Gasteiger partial charge in [-0.1, -0.05) is 0 Å². The van der Waals surface area contributed by atoms with Crippen molar-refractivity contribution >= 4 is 27.7 Å². The lowest BCUT2D eigenvalue weighted by Gasteiger charge is -2.08. The number of nitrogens with one attached hydrogen (secondary N) is 2. The maximum Gasteiger partial charge on any atom is 0.224 e. The zero-order valence-corrected chi connectivity index (χ0v) is 12.1. The van der Waals surface area contributed by atoms with Crippen molar-refractivity contribution in [3.63, 3.8) is 0 Å². The first-order chi connectivity index (χ1) is 8.61. The number of halogens is 1. The normalized spacial score (nSPS) is 10.4. The summed E-state index contributed by atoms with van der Waals surface area (Å²) in [6.07, 6.45) is 3.58. The van der Waals surface area contributed by atoms with Crippen LogP contribution in [0.4, 0.5) is 11.8 Å². The minimum Gasteiger partial charge on any atom is -0.365 e. The molecule has 7 heteroatoms. The summed E-state index contributed by atoms with van der Waals surface area (Å²) in [5.41, 5.74) is 2.29. The monoisotopic (exact) mass is 310 g/mol. The van der Waals surface area contributed by atoms with Gasteiger partial charge in [-0.2, -0.15) is 10.1 Å². The summed E-state index contributed by atoms with van der Waals surface area (Å²) in [5, 5.41) is 10.4. The highest BCUT2D eigenvalue weighted by Crippen LogP contribution is 2.21. The molecule has 0 bridgehead atoms. The number of aromatic nitrogens is 4. The van der Waals surface area contributed by atoms with Crippen molar-refractivity contribution in [1.82, 2.24) is 19.7 Å². The second-order valence-corrected chi connectivity index (χ2v) is 4.73. The lowest BCUT2D eigenvalue weighted by molar-refractivity contribution is 0.738. The van der Waals surface area contributed by atoms with Crippen molar-refractivity contribution in [3.8, 4) is 0 Å². The molecule has 0 unspecified atom stereocenters. The second kappa shape index (κ2) is 5.34. The van der Waals surface area contributed by atoms with Crippen molar-refractivity contribution in [2.45, 2.75) is 13.5 Å². The topological polar surface area (TPSA) is 67.7 Å². The van der Waals surface area contributed by atoms with Gasteiger partial charge < -0.3 is 10.6 Å². The van der Waals surface area contributed by atoms with Crippen molar-refractivity contribution in [2.75, 3.05) is 17.7 Å². The fourth-order valence-electron chi connectivity index (χ4n) is 1.51. The molecule has 6 nitrogen and oxygen atoms in total. The summed E-state index contributed by atoms with van der Waals surface area (Å²) in [7, 11) is 3.72. The fourth-order valence-corrected chi connectivity index (χ4v) is 1.84. The number of hydrogen-bond acceptors (Lipinski definition) is 5. The Hall–Kier alpha value is -1.63. The Labute approximate surface area is 114 Å². The molecule has 0 aliphatic heterocycles. The number of hydrogen-bond donors (Lipinski definition) is 2. The predicted octanol–water partition coefficient (Wildman–Crippen LogP) is 1.93. The van der Waals surface area contributed by atoms with Crippen LogP contribution in [0.5, 0.6) is 0 Å². The molecule has 2 aromatic rings. The van der Waals surface area contributed by atoms with Crippen LogP contribution in [0.15, 0.2) is 16.9 Å². The third-order valence-electron chi connectivity index (χ3n) is 2.75. The Morgan fingerprint density at radius 1 is 1.39 bits per heavy atom. The van der Waals surface area contributed by atoms with Crippen LogP contribution in [0.3, 0.4) is 0 Å². The van der Waals surface area contributed by atoms with E-state index in [1.54, 1.807) is 13.2 Å². The highest BCUT2D eigenvalue weighted by atomic mass is 79.9. The maximum atomic E-state index is 4.33. The molecule has 0 amide bonds. The molecular weight excluding hydrogens is 296 g/mol. The van der Waals surface area contributed by atoms with E-state index in [0.717, 1.165) is 21.5 Å². The van der Waals surface area contributed by atoms with Gasteiger partial charge in [-0.25, -0.2) is 4.98 Å². The summed E-state index contributed by atoms with van der Waals surface area (Å²) in [6.45, 7) is 2.72. The van der Waals surface area contributed by atoms with E-state index in [-0.39, 0.29) is 0 Å². The molecule has 0 saturated carbocycles. The smallest absolute Gasteiger partial charge is 0.224 e. The molecule has 96 valence electrons. The summed E-state index contributed by atoms with van der Waals surface area (Å²) >= 11 is 3.42. The largest absolute Gasteiger partial charge is 0.365 e. The van der Waals surface area contributed by atoms with Gasteiger partial charge in [0, 0.05) is 38.1 Å². The van der Waals surface area contributed by atoms with Gasteiger partial charge in [-0.3, -0.25) is 4.68 Å². The number of nitrogens with zero attached hydrogens (tertiary/aromatic N) is 4. The zero-order chi connectivity index (χ0) is 13.1. The summed E-state index contributed by atoms with van der Waals surface area (Å²) < 4.78 is 2.69. The molecule has 2 aromatic heterocycles. The van der Waals surface area contributed by atoms with Crippen LogP contribution in [-0.2, 0) is 13.6 Å². The maximum absolute atomic E-state index is 4.33. The van der Waals surface area contributed by atoms with Crippen LogP contribution < -0.4 is 10.6 Å². The molecule has 2 N–H and O–H groups in total. The van der Waals surface area contributed by atoms with Crippen LogP contribution in [0, 0.1) is 6.92 Å². The Kier molecular flexibility index (Phi) is 3.81. The van der Waals surface area contributed by atoms with E-state index in [4.69, 9.17) is 0 Å². The minimum absolute atomic E-state index is 0.587. The Bertz CT molecular complexity index is 550. The fraction of sp³-hybridized carbons (Fsp3) is 0.364. The van der Waals surface area contributed by atoms with E-state index in [9.17, 15) is 0 Å². The van der Waals surface area contributed by atoms with Crippen LogP contribution in [0.2, 0.25) is 0 Å². The average Bonchev–Trinajstić information content (AvgIpc) is 2.69. The van der Waals surface area contributed by atoms with Gasteiger partial charge in [0.25, 0.3) is 0 Å². The van der Waals surface area contributed by atoms with Gasteiger partial charge in [0.15, 0.2) is 0 Å². The Morgan fingerprint density at radius 2 is 2.17 bits per heavy atom. The molecule has 0 aliphatic rings. The van der Waals surface area contributed by atoms with Crippen LogP contribution in [0.25, 0.3) is 0 Å². The standard InChI is InChI=1S/C11H15BrN6/c1-7-8(5-16-18(7)3)4-14-10-9(12)6-15-11(13-2)17-10/h5-6H,4H2,1-3H3,(H2,13,14,15,17). The van der Waals surface area contributed by atoms with E-state index in [2.05, 4.69) is 41.6 Å². The van der Waals surface area contributed by atoms with Gasteiger partial charge in [0.2, 0.25) is 5.95 Å². The van der Waals surface area contributed by atoms with E-state index in [1.165, 1.54) is 0 Å². The number of anilines is 2. The quantitative estimate of drug-likeness (QED) is 0.903. The molecule has 0 aliphatic carbocycles. The second-order valence-electron chi connectivity index (χ2n) is 3.87. The third-order valence-corrected chi connectivity index (χ3v) is 3.33. The summed E-state index contributed by atoms with van der Waals surface area (Å²) in [4.78, 5) is 8.44. The molecule has 0 saturated heterocycles. The molecule has 0 fully saturated rings. The summed E-state index contributed by atoms with van der Waals surface area (Å²) in [6, 6.07) is 0. The van der Waals surface area contributed by atoms with Gasteiger partial charge >= 0.3 is 0 Å². The number of rotatable bonds is 4. The highest BCUT2D eigenvalue weighted by molar-refractivity contribution is 9.10. The van der Waals surface area contributed by atoms with Gasteiger partial charge in [0.1, 0.15) is 5.82 Å². The Balaban J connectivity index is 2.12. The molecular formula is C11H15BrN6. The van der Waals surface area contributed by atoms with E-state index < -0.39 is 0 Å². The molecule has 18 heavy (non-hydrogen) atoms. The van der Waals surface area contributed by atoms with Crippen LogP contribution >= 0.6 is 15.9 Å². The zero-order valence-electron chi connectivity index (χ0n) is 10.5. The van der Waals surface area contributed by atoms with Crippen LogP contribution in [0.1, 0.15) is 11.3 Å². The molecule has 0 spiro atoms. The van der Waals surface area contributed by atoms with Crippen molar-refractivity contribution in [2.24, 2.45) is 7.05 Å².